The van der Waals surface area contributed by atoms with Crippen LogP contribution < -0.4 is 0 Å². The molecule has 0 atom stereocenters. The van der Waals surface area contributed by atoms with E-state index in [1.54, 1.807) is 14.0 Å². The van der Waals surface area contributed by atoms with Crippen molar-refractivity contribution >= 4 is 55.7 Å². The molecule has 0 aliphatic carbocycles. The maximum absolute atomic E-state index is 11.2. The van der Waals surface area contributed by atoms with Crippen LogP contribution in [0.25, 0.3) is 0 Å². The van der Waals surface area contributed by atoms with Gasteiger partial charge in [0, 0.05) is 167 Å². The van der Waals surface area contributed by atoms with E-state index in [9.17, 15) is 18.4 Å². The van der Waals surface area contributed by atoms with Gasteiger partial charge in [-0.2, -0.15) is 8.78 Å². The van der Waals surface area contributed by atoms with Gasteiger partial charge in [0.2, 0.25) is 0 Å². The van der Waals surface area contributed by atoms with Crippen LogP contribution in [0.3, 0.4) is 0 Å². The SMILES string of the molecule is C/C=C/C.C/C=C/C.CB(O)O.CB(O)O.CC.CC.CC.CC.CC(=O)O.CC=O.CCC.CCCC.CO.COC(C)(F)F.COC(C)=O.COC(C)=O.COC(C)=S.[CH3-].[CH3-].[CH3-].[CH3-].[Pd].[Y].[Y].[Y]. The summed E-state index contributed by atoms with van der Waals surface area (Å²) < 4.78 is 38.8. The number of alkyl halides is 2. The molecule has 0 unspecified atom stereocenters. The van der Waals surface area contributed by atoms with E-state index < -0.39 is 26.3 Å². The number of aliphatic carboxylic acids is 1. The van der Waals surface area contributed by atoms with Crippen LogP contribution in [0, 0.1) is 29.7 Å². The Hall–Kier alpha value is 1.17. The Morgan fingerprint density at radius 3 is 0.638 bits per heavy atom. The molecule has 0 rings (SSSR count). The molecule has 0 heterocycles. The second kappa shape index (κ2) is 233. The fourth-order valence-corrected chi connectivity index (χ4v) is 0. The van der Waals surface area contributed by atoms with Crippen LogP contribution >= 0.6 is 12.2 Å². The quantitative estimate of drug-likeness (QED) is 0.0377. The van der Waals surface area contributed by atoms with Gasteiger partial charge in [0.15, 0.2) is 5.05 Å². The van der Waals surface area contributed by atoms with Crippen molar-refractivity contribution in [2.24, 2.45) is 0 Å². The molecule has 0 aromatic heterocycles. The minimum Gasteiger partial charge on any atom is -0.491 e. The van der Waals surface area contributed by atoms with Crippen LogP contribution in [-0.2, 0) is 157 Å². The number of allylic oxidation sites excluding steroid dienone is 4. The molecule has 0 bridgehead atoms. The number of aliphatic hydroxyl groups excluding tert-OH is 1. The third-order valence-corrected chi connectivity index (χ3v) is 2.55. The van der Waals surface area contributed by atoms with E-state index in [4.69, 9.17) is 39.9 Å². The van der Waals surface area contributed by atoms with Gasteiger partial charge in [0.1, 0.15) is 6.29 Å². The molecule has 3 radical (unpaired) electrons. The van der Waals surface area contributed by atoms with E-state index in [2.05, 4.69) is 58.9 Å². The number of carbonyl (C=O) groups excluding carboxylic acids is 3. The minimum atomic E-state index is -2.96. The average Bonchev–Trinajstić information content (AvgIpc) is 3.22. The first-order valence-electron chi connectivity index (χ1n) is 20.1. The maximum atomic E-state index is 11.2. The zero-order valence-corrected chi connectivity index (χ0v) is 61.7. The van der Waals surface area contributed by atoms with Crippen LogP contribution in [0.1, 0.15) is 172 Å². The predicted octanol–water partition coefficient (Wildman–Crippen LogP) is 13.0. The molecule has 0 saturated heterocycles. The number of carboxylic acids is 1. The van der Waals surface area contributed by atoms with Crippen LogP contribution in [0.5, 0.6) is 0 Å². The summed E-state index contributed by atoms with van der Waals surface area (Å²) in [6.45, 7) is 42.8. The fourth-order valence-electron chi connectivity index (χ4n) is 0. The topological polar surface area (TPSA) is 227 Å². The summed E-state index contributed by atoms with van der Waals surface area (Å²) >= 11 is 4.47. The van der Waals surface area contributed by atoms with Gasteiger partial charge >= 0.3 is 32.3 Å². The zero-order valence-electron chi connectivity index (χ0n) is 50.8. The van der Waals surface area contributed by atoms with Crippen LogP contribution in [0.15, 0.2) is 24.3 Å². The molecule has 0 aromatic carbocycles. The van der Waals surface area contributed by atoms with Crippen molar-refractivity contribution in [3.05, 3.63) is 54.0 Å². The van der Waals surface area contributed by atoms with Crippen molar-refractivity contribution in [1.29, 1.82) is 0 Å². The average molecular weight is 1360 g/mol. The monoisotopic (exact) mass is 1360 g/mol. The van der Waals surface area contributed by atoms with Crippen molar-refractivity contribution < 1.29 is 196 Å². The van der Waals surface area contributed by atoms with Gasteiger partial charge in [-0.1, -0.05) is 127 Å². The summed E-state index contributed by atoms with van der Waals surface area (Å²) in [5.41, 5.74) is 0. The van der Waals surface area contributed by atoms with Gasteiger partial charge in [-0.25, -0.2) is 0 Å². The largest absolute Gasteiger partial charge is 0.491 e. The summed E-state index contributed by atoms with van der Waals surface area (Å²) in [6, 6.07) is 0. The number of esters is 2. The number of thiocarbonyl (C=S) groups is 1. The first-order chi connectivity index (χ1) is 28.1. The number of aliphatic hydroxyl groups is 1. The van der Waals surface area contributed by atoms with Gasteiger partial charge in [-0.15, -0.1) is 0 Å². The van der Waals surface area contributed by atoms with Gasteiger partial charge < -0.3 is 83.8 Å². The number of halogens is 2. The number of hydrogen-bond donors (Lipinski definition) is 6. The first-order valence-corrected chi connectivity index (χ1v) is 20.5. The van der Waals surface area contributed by atoms with E-state index in [0.29, 0.717) is 12.0 Å². The molecule has 433 valence electrons. The molecule has 0 fully saturated rings. The van der Waals surface area contributed by atoms with Crippen LogP contribution in [-0.4, -0.2) is 115 Å². The number of carbonyl (C=O) groups is 4. The second-order valence-corrected chi connectivity index (χ2v) is 8.73. The molecule has 0 amide bonds. The molecule has 69 heavy (non-hydrogen) atoms. The number of ether oxygens (including phenoxy) is 4. The summed E-state index contributed by atoms with van der Waals surface area (Å²) in [5, 5.41) is 45.4. The van der Waals surface area contributed by atoms with Gasteiger partial charge in [0.05, 0.1) is 21.3 Å². The van der Waals surface area contributed by atoms with Crippen molar-refractivity contribution in [3.63, 3.8) is 0 Å². The number of carboxylic acid groups (broad SMARTS) is 1. The summed E-state index contributed by atoms with van der Waals surface area (Å²) in [7, 11) is 3.88. The molecular weight excluding hydrogens is 1240 g/mol. The number of hydrogen-bond acceptors (Lipinski definition) is 14. The molecule has 0 saturated carbocycles. The Balaban J connectivity index is -0.0000000130. The number of aldehydes is 1. The van der Waals surface area contributed by atoms with Crippen molar-refractivity contribution in [2.45, 2.75) is 191 Å². The molecule has 0 aliphatic heterocycles. The zero-order chi connectivity index (χ0) is 54.4. The summed E-state index contributed by atoms with van der Waals surface area (Å²) in [4.78, 5) is 37.0. The Bertz CT molecular complexity index is 647. The Morgan fingerprint density at radius 1 is 0.565 bits per heavy atom. The molecule has 0 spiro atoms. The normalized spacial score (nSPS) is 6.09. The number of rotatable bonds is 2. The van der Waals surface area contributed by atoms with E-state index >= 15 is 0 Å². The smallest absolute Gasteiger partial charge is 0.448 e. The Morgan fingerprint density at radius 2 is 0.638 bits per heavy atom. The third kappa shape index (κ3) is 1800. The van der Waals surface area contributed by atoms with Crippen molar-refractivity contribution in [3.8, 4) is 0 Å². The number of methoxy groups -OCH3 is 4. The molecule has 14 nitrogen and oxygen atoms in total. The van der Waals surface area contributed by atoms with Crippen molar-refractivity contribution in [2.75, 3.05) is 35.5 Å². The molecule has 6 N–H and O–H groups in total. The fraction of sp³-hybridized carbons (Fsp3) is 0.717. The molecule has 0 aliphatic rings. The maximum Gasteiger partial charge on any atom is 0.448 e. The van der Waals surface area contributed by atoms with E-state index in [0.717, 1.165) is 27.4 Å². The molecule has 23 heteroatoms. The minimum absolute atomic E-state index is 0. The van der Waals surface area contributed by atoms with Gasteiger partial charge in [0.25, 0.3) is 5.97 Å². The third-order valence-electron chi connectivity index (χ3n) is 2.39. The Kier molecular flexibility index (Phi) is 555. The number of unbranched alkanes of at least 4 members (excludes halogenated alkanes) is 1. The molecule has 0 aromatic rings. The van der Waals surface area contributed by atoms with E-state index in [-0.39, 0.29) is 160 Å². The van der Waals surface area contributed by atoms with Gasteiger partial charge in [-0.3, -0.25) is 14.4 Å². The van der Waals surface area contributed by atoms with E-state index in [1.165, 1.54) is 67.9 Å². The van der Waals surface area contributed by atoms with Crippen molar-refractivity contribution in [1.82, 2.24) is 0 Å². The van der Waals surface area contributed by atoms with E-state index in [1.807, 2.05) is 107 Å². The van der Waals surface area contributed by atoms with Crippen LogP contribution in [0.4, 0.5) is 8.78 Å². The van der Waals surface area contributed by atoms with Crippen LogP contribution in [0.2, 0.25) is 13.6 Å². The summed E-state index contributed by atoms with van der Waals surface area (Å²) in [5.74, 6) is -1.32. The van der Waals surface area contributed by atoms with Gasteiger partial charge in [-0.05, 0) is 60.5 Å². The molecular formula is C46H116B2F2O14PdSY3-4. The Labute approximate surface area is 526 Å². The first kappa shape index (κ1) is 165. The summed E-state index contributed by atoms with van der Waals surface area (Å²) in [6.07, 6.45) is 9.68. The second-order valence-electron chi connectivity index (χ2n) is 8.16. The predicted molar refractivity (Wildman–Crippen MR) is 292 cm³/mol. The standard InChI is InChI=1S/C4H10.2C4H8.C3H6F2O.2C3H6O2.C3H6OS.C3H8.C2H4O2.C2H4O.4C2H6.2CH5BO2.CH4O.4CH3.Pd.3Y/c3*1-3-4-2;1-3(4,5)6-2;2*1-3(4)5-2;1-3(5)4-2;1-3-2;1-2(3)4;1-2-3;4*1-2;2*1-2(3)4;1-2;;;;;;;;/h3-4H2,1-2H3;2*3-4H,1-2H3;1-2H3;3*1-2H3;3H2,1-2H3;1H3,(H,3,4);2H,1H3;4*1-2H3;2*3-4H,1H3;2H,1H3;4*1H3;;;;/q;;;;;;;;;;;;;;;;;4*-1;;;;/b;2*4-3+;;;;;;;;;;;;;;;;;;;;;;.